The molecule has 0 aromatic heterocycles. The van der Waals surface area contributed by atoms with E-state index in [0.29, 0.717) is 37.9 Å². The van der Waals surface area contributed by atoms with Crippen LogP contribution in [0.4, 0.5) is 5.69 Å². The van der Waals surface area contributed by atoms with E-state index in [9.17, 15) is 24.3 Å². The second-order valence-corrected chi connectivity index (χ2v) is 10.5. The Morgan fingerprint density at radius 1 is 0.818 bits per heavy atom. The summed E-state index contributed by atoms with van der Waals surface area (Å²) in [6.45, 7) is 2.21. The quantitative estimate of drug-likeness (QED) is 0.0606. The van der Waals surface area contributed by atoms with Gasteiger partial charge in [0.05, 0.1) is 6.04 Å². The lowest BCUT2D eigenvalue weighted by Crippen LogP contribution is -2.56. The van der Waals surface area contributed by atoms with E-state index in [2.05, 4.69) is 26.6 Å². The van der Waals surface area contributed by atoms with Crippen molar-refractivity contribution in [2.45, 2.75) is 69.6 Å². The van der Waals surface area contributed by atoms with Crippen molar-refractivity contribution in [1.29, 1.82) is 5.41 Å². The molecule has 0 saturated carbocycles. The van der Waals surface area contributed by atoms with E-state index in [0.717, 1.165) is 5.56 Å². The summed E-state index contributed by atoms with van der Waals surface area (Å²) in [6, 6.07) is 11.2. The van der Waals surface area contributed by atoms with Crippen LogP contribution < -0.4 is 43.8 Å². The van der Waals surface area contributed by atoms with Gasteiger partial charge in [0.1, 0.15) is 23.9 Å². The van der Waals surface area contributed by atoms with Gasteiger partial charge in [-0.3, -0.25) is 24.6 Å². The summed E-state index contributed by atoms with van der Waals surface area (Å²) < 4.78 is 0. The molecule has 0 spiro atoms. The Morgan fingerprint density at radius 2 is 1.43 bits per heavy atom. The van der Waals surface area contributed by atoms with Crippen molar-refractivity contribution in [3.8, 4) is 5.75 Å². The third-order valence-corrected chi connectivity index (χ3v) is 6.72. The molecule has 4 amide bonds. The largest absolute Gasteiger partial charge is 0.508 e. The molecule has 0 fully saturated rings. The van der Waals surface area contributed by atoms with Crippen LogP contribution in [0, 0.1) is 5.41 Å². The number of para-hydroxylation sites is 1. The van der Waals surface area contributed by atoms with Crippen molar-refractivity contribution < 1.29 is 24.3 Å². The van der Waals surface area contributed by atoms with E-state index in [1.165, 1.54) is 19.1 Å². The zero-order valence-electron chi connectivity index (χ0n) is 25.0. The monoisotopic (exact) mass is 611 g/mol. The number of nitrogens with two attached hydrogens (primary N) is 3. The normalized spacial score (nSPS) is 13.4. The fourth-order valence-electron chi connectivity index (χ4n) is 4.24. The third kappa shape index (κ3) is 13.1. The number of guanidine groups is 1. The summed E-state index contributed by atoms with van der Waals surface area (Å²) in [5, 5.41) is 30.2. The molecule has 0 heterocycles. The number of phenolic OH excluding ortho intramolecular Hbond substituents is 1. The predicted octanol–water partition coefficient (Wildman–Crippen LogP) is -0.233. The maximum atomic E-state index is 13.3. The lowest BCUT2D eigenvalue weighted by molar-refractivity contribution is -0.133. The van der Waals surface area contributed by atoms with Crippen LogP contribution in [0.5, 0.6) is 5.75 Å². The molecule has 0 aliphatic rings. The number of hydrogen-bond acceptors (Lipinski definition) is 8. The highest BCUT2D eigenvalue weighted by Crippen LogP contribution is 2.12. The van der Waals surface area contributed by atoms with Gasteiger partial charge in [-0.1, -0.05) is 30.3 Å². The minimum Gasteiger partial charge on any atom is -0.508 e. The summed E-state index contributed by atoms with van der Waals surface area (Å²) >= 11 is 0. The molecule has 240 valence electrons. The van der Waals surface area contributed by atoms with Gasteiger partial charge in [0.25, 0.3) is 0 Å². The van der Waals surface area contributed by atoms with E-state index in [1.54, 1.807) is 36.4 Å². The zero-order chi connectivity index (χ0) is 32.5. The number of nitrogens with one attached hydrogen (secondary N) is 6. The second-order valence-electron chi connectivity index (χ2n) is 10.5. The Bertz CT molecular complexity index is 1230. The molecule has 2 aromatic carbocycles. The van der Waals surface area contributed by atoms with E-state index in [4.69, 9.17) is 22.6 Å². The average Bonchev–Trinajstić information content (AvgIpc) is 2.99. The summed E-state index contributed by atoms with van der Waals surface area (Å²) in [5.41, 5.74) is 18.3. The Labute approximate surface area is 257 Å². The van der Waals surface area contributed by atoms with E-state index < -0.39 is 47.8 Å². The number of hydrogen-bond donors (Lipinski definition) is 10. The van der Waals surface area contributed by atoms with Crippen LogP contribution in [0.1, 0.15) is 44.6 Å². The second kappa shape index (κ2) is 18.8. The van der Waals surface area contributed by atoms with Crippen LogP contribution in [0.3, 0.4) is 0 Å². The molecule has 0 aliphatic heterocycles. The first kappa shape index (κ1) is 35.5. The van der Waals surface area contributed by atoms with Crippen LogP contribution in [-0.2, 0) is 25.6 Å². The van der Waals surface area contributed by atoms with Gasteiger partial charge in [-0.25, -0.2) is 0 Å². The standard InChI is InChI=1S/C30H45N9O5/c1-19(26(41)38-24(10-5-6-16-31)29(44)37-21-8-3-2-4-9-21)36-28(43)25(11-7-17-35-30(33)34)39-27(42)23(32)18-20-12-14-22(40)15-13-20/h2-4,8-9,12-15,19,23-25,40H,5-7,10-11,16-18,31-32H2,1H3,(H,36,43)(H,37,44)(H,38,41)(H,39,42)(H4,33,34,35)/t19-,23-,24-,25+/m0/s1. The SMILES string of the molecule is C[C@H](NC(=O)[C@@H](CCCNC(=N)N)NC(=O)[C@@H](N)Cc1ccc(O)cc1)C(=O)N[C@@H](CCCCN)C(=O)Nc1ccccc1. The number of benzene rings is 2. The minimum atomic E-state index is -1.04. The molecule has 0 unspecified atom stereocenters. The molecule has 0 bridgehead atoms. The highest BCUT2D eigenvalue weighted by molar-refractivity contribution is 5.98. The van der Waals surface area contributed by atoms with E-state index >= 15 is 0 Å². The lowest BCUT2D eigenvalue weighted by atomic mass is 10.0. The summed E-state index contributed by atoms with van der Waals surface area (Å²) in [7, 11) is 0. The molecule has 2 aromatic rings. The molecule has 0 radical (unpaired) electrons. The van der Waals surface area contributed by atoms with Gasteiger partial charge < -0.3 is 48.9 Å². The Kier molecular flexibility index (Phi) is 15.1. The summed E-state index contributed by atoms with van der Waals surface area (Å²) in [4.78, 5) is 52.2. The first-order valence-electron chi connectivity index (χ1n) is 14.6. The Balaban J connectivity index is 2.05. The number of aromatic hydroxyl groups is 1. The van der Waals surface area contributed by atoms with Crippen molar-refractivity contribution in [3.63, 3.8) is 0 Å². The number of carbonyl (C=O) groups excluding carboxylic acids is 4. The lowest BCUT2D eigenvalue weighted by Gasteiger charge is -2.24. The van der Waals surface area contributed by atoms with Crippen molar-refractivity contribution >= 4 is 35.3 Å². The highest BCUT2D eigenvalue weighted by Gasteiger charge is 2.28. The van der Waals surface area contributed by atoms with Crippen LogP contribution in [0.2, 0.25) is 0 Å². The molecule has 4 atom stereocenters. The summed E-state index contributed by atoms with van der Waals surface area (Å²) in [6.07, 6.45) is 2.34. The van der Waals surface area contributed by atoms with Gasteiger partial charge >= 0.3 is 0 Å². The van der Waals surface area contributed by atoms with Gasteiger partial charge in [0, 0.05) is 12.2 Å². The number of carbonyl (C=O) groups is 4. The number of unbranched alkanes of at least 4 members (excludes halogenated alkanes) is 1. The van der Waals surface area contributed by atoms with Gasteiger partial charge in [-0.15, -0.1) is 0 Å². The Hall–Kier alpha value is -4.69. The smallest absolute Gasteiger partial charge is 0.246 e. The van der Waals surface area contributed by atoms with Crippen LogP contribution in [0.15, 0.2) is 54.6 Å². The molecule has 2 rings (SSSR count). The molecule has 14 nitrogen and oxygen atoms in total. The first-order valence-corrected chi connectivity index (χ1v) is 14.6. The van der Waals surface area contributed by atoms with Crippen molar-refractivity contribution in [3.05, 3.63) is 60.2 Å². The summed E-state index contributed by atoms with van der Waals surface area (Å²) in [5.74, 6) is -2.31. The molecule has 0 aliphatic carbocycles. The topological polar surface area (TPSA) is 251 Å². The molecular weight excluding hydrogens is 566 g/mol. The van der Waals surface area contributed by atoms with Gasteiger partial charge in [0.2, 0.25) is 23.6 Å². The predicted molar refractivity (Wildman–Crippen MR) is 168 cm³/mol. The highest BCUT2D eigenvalue weighted by atomic mass is 16.3. The van der Waals surface area contributed by atoms with E-state index in [1.807, 2.05) is 6.07 Å². The minimum absolute atomic E-state index is 0.0829. The zero-order valence-corrected chi connectivity index (χ0v) is 25.0. The van der Waals surface area contributed by atoms with Crippen LogP contribution >= 0.6 is 0 Å². The number of phenols is 1. The maximum Gasteiger partial charge on any atom is 0.246 e. The number of amides is 4. The fourth-order valence-corrected chi connectivity index (χ4v) is 4.24. The molecule has 0 saturated heterocycles. The first-order chi connectivity index (χ1) is 21.0. The number of rotatable bonds is 18. The van der Waals surface area contributed by atoms with Crippen molar-refractivity contribution in [2.24, 2.45) is 17.2 Å². The molecule has 44 heavy (non-hydrogen) atoms. The van der Waals surface area contributed by atoms with Crippen molar-refractivity contribution in [1.82, 2.24) is 21.3 Å². The van der Waals surface area contributed by atoms with Crippen molar-refractivity contribution in [2.75, 3.05) is 18.4 Å². The molecular formula is C30H45N9O5. The molecule has 13 N–H and O–H groups in total. The van der Waals surface area contributed by atoms with Crippen LogP contribution in [-0.4, -0.2) is 72.0 Å². The third-order valence-electron chi connectivity index (χ3n) is 6.72. The van der Waals surface area contributed by atoms with Crippen LogP contribution in [0.25, 0.3) is 0 Å². The van der Waals surface area contributed by atoms with E-state index in [-0.39, 0.29) is 31.1 Å². The Morgan fingerprint density at radius 3 is 2.07 bits per heavy atom. The van der Waals surface area contributed by atoms with Gasteiger partial charge in [0.15, 0.2) is 5.96 Å². The number of anilines is 1. The van der Waals surface area contributed by atoms with Gasteiger partial charge in [-0.2, -0.15) is 0 Å². The molecule has 14 heteroatoms. The van der Waals surface area contributed by atoms with Gasteiger partial charge in [-0.05, 0) is 81.8 Å². The average molecular weight is 612 g/mol. The maximum absolute atomic E-state index is 13.3. The fraction of sp³-hybridized carbons (Fsp3) is 0.433.